The lowest BCUT2D eigenvalue weighted by molar-refractivity contribution is 0.0519. The van der Waals surface area contributed by atoms with E-state index in [1.54, 1.807) is 39.0 Å². The topological polar surface area (TPSA) is 92.7 Å². The van der Waals surface area contributed by atoms with E-state index in [9.17, 15) is 18.3 Å². The van der Waals surface area contributed by atoms with E-state index >= 15 is 0 Å². The Morgan fingerprint density at radius 1 is 1.08 bits per heavy atom. The van der Waals surface area contributed by atoms with Crippen LogP contribution in [-0.2, 0) is 14.6 Å². The van der Waals surface area contributed by atoms with Gasteiger partial charge >= 0.3 is 6.09 Å². The van der Waals surface area contributed by atoms with Crippen LogP contribution in [0.5, 0.6) is 5.75 Å². The number of hydrogen-bond acceptors (Lipinski definition) is 5. The van der Waals surface area contributed by atoms with Crippen molar-refractivity contribution in [2.45, 2.75) is 36.6 Å². The molecule has 25 heavy (non-hydrogen) atoms. The normalized spacial score (nSPS) is 13.1. The molecule has 2 rings (SSSR count). The van der Waals surface area contributed by atoms with Crippen molar-refractivity contribution in [3.05, 3.63) is 60.2 Å². The summed E-state index contributed by atoms with van der Waals surface area (Å²) < 4.78 is 31.2. The number of phenolic OH excluding ortho intramolecular Hbond substituents is 1. The number of sulfone groups is 1. The lowest BCUT2D eigenvalue weighted by Gasteiger charge is -2.24. The van der Waals surface area contributed by atoms with Crippen LogP contribution in [0.15, 0.2) is 59.5 Å². The minimum Gasteiger partial charge on any atom is -0.508 e. The predicted molar refractivity (Wildman–Crippen MR) is 93.8 cm³/mol. The Labute approximate surface area is 147 Å². The van der Waals surface area contributed by atoms with Gasteiger partial charge in [-0.2, -0.15) is 0 Å². The van der Waals surface area contributed by atoms with E-state index in [1.165, 1.54) is 36.4 Å². The number of nitrogens with one attached hydrogen (secondary N) is 1. The third kappa shape index (κ3) is 4.96. The molecule has 1 atom stereocenters. The van der Waals surface area contributed by atoms with Crippen molar-refractivity contribution < 1.29 is 23.1 Å². The van der Waals surface area contributed by atoms with Gasteiger partial charge in [0.05, 0.1) is 4.90 Å². The lowest BCUT2D eigenvalue weighted by atomic mass is 10.2. The second-order valence-corrected chi connectivity index (χ2v) is 8.51. The number of aromatic hydroxyl groups is 1. The SMILES string of the molecule is CC(C)(C)OC(=O)NC(c1cccc(O)c1)S(=O)(=O)c1ccccc1. The van der Waals surface area contributed by atoms with Crippen LogP contribution in [0.25, 0.3) is 0 Å². The van der Waals surface area contributed by atoms with Gasteiger partial charge in [0.2, 0.25) is 9.84 Å². The molecular formula is C18H21NO5S. The minimum atomic E-state index is -3.94. The van der Waals surface area contributed by atoms with Gasteiger partial charge in [0.15, 0.2) is 5.37 Å². The van der Waals surface area contributed by atoms with Crippen LogP contribution in [0.2, 0.25) is 0 Å². The van der Waals surface area contributed by atoms with Crippen molar-refractivity contribution in [1.29, 1.82) is 0 Å². The summed E-state index contributed by atoms with van der Waals surface area (Å²) in [6.45, 7) is 5.05. The molecule has 7 heteroatoms. The molecule has 2 N–H and O–H groups in total. The monoisotopic (exact) mass is 363 g/mol. The first-order valence-corrected chi connectivity index (χ1v) is 9.21. The summed E-state index contributed by atoms with van der Waals surface area (Å²) in [5.74, 6) is -0.100. The van der Waals surface area contributed by atoms with Gasteiger partial charge in [0, 0.05) is 0 Å². The molecule has 0 aliphatic heterocycles. The highest BCUT2D eigenvalue weighted by Crippen LogP contribution is 2.29. The third-order valence-electron chi connectivity index (χ3n) is 3.20. The van der Waals surface area contributed by atoms with E-state index in [0.29, 0.717) is 0 Å². The predicted octanol–water partition coefficient (Wildman–Crippen LogP) is 3.39. The molecule has 0 fully saturated rings. The Kier molecular flexibility index (Phi) is 5.37. The zero-order valence-electron chi connectivity index (χ0n) is 14.3. The maximum atomic E-state index is 13.0. The first kappa shape index (κ1) is 18.8. The number of alkyl carbamates (subject to hydrolysis) is 1. The largest absolute Gasteiger partial charge is 0.508 e. The second-order valence-electron chi connectivity index (χ2n) is 6.48. The summed E-state index contributed by atoms with van der Waals surface area (Å²) in [6, 6.07) is 13.5. The molecule has 0 saturated carbocycles. The van der Waals surface area contributed by atoms with Gasteiger partial charge < -0.3 is 15.2 Å². The zero-order valence-corrected chi connectivity index (χ0v) is 15.1. The first-order valence-electron chi connectivity index (χ1n) is 7.67. The highest BCUT2D eigenvalue weighted by atomic mass is 32.2. The summed E-state index contributed by atoms with van der Waals surface area (Å²) in [6.07, 6.45) is -0.861. The number of rotatable bonds is 4. The maximum Gasteiger partial charge on any atom is 0.408 e. The van der Waals surface area contributed by atoms with Crippen LogP contribution < -0.4 is 5.32 Å². The molecule has 134 valence electrons. The number of benzene rings is 2. The summed E-state index contributed by atoms with van der Waals surface area (Å²) in [7, 11) is -3.94. The van der Waals surface area contributed by atoms with E-state index in [4.69, 9.17) is 4.74 Å². The van der Waals surface area contributed by atoms with E-state index in [-0.39, 0.29) is 16.2 Å². The van der Waals surface area contributed by atoms with Crippen LogP contribution >= 0.6 is 0 Å². The standard InChI is InChI=1S/C18H21NO5S/c1-18(2,3)24-17(21)19-16(13-8-7-9-14(20)12-13)25(22,23)15-10-5-4-6-11-15/h4-12,16,20H,1-3H3,(H,19,21). The Morgan fingerprint density at radius 3 is 2.28 bits per heavy atom. The molecule has 0 aromatic heterocycles. The third-order valence-corrected chi connectivity index (χ3v) is 5.14. The van der Waals surface area contributed by atoms with Gasteiger partial charge in [-0.25, -0.2) is 13.2 Å². The van der Waals surface area contributed by atoms with Gasteiger partial charge in [0.25, 0.3) is 0 Å². The van der Waals surface area contributed by atoms with Gasteiger partial charge in [0.1, 0.15) is 11.4 Å². The average molecular weight is 363 g/mol. The summed E-state index contributed by atoms with van der Waals surface area (Å²) >= 11 is 0. The maximum absolute atomic E-state index is 13.0. The van der Waals surface area contributed by atoms with Crippen molar-refractivity contribution in [2.24, 2.45) is 0 Å². The van der Waals surface area contributed by atoms with Gasteiger partial charge in [-0.1, -0.05) is 30.3 Å². The molecule has 1 amide bonds. The van der Waals surface area contributed by atoms with E-state index in [2.05, 4.69) is 5.32 Å². The van der Waals surface area contributed by atoms with Crippen LogP contribution in [-0.4, -0.2) is 25.2 Å². The zero-order chi connectivity index (χ0) is 18.7. The molecule has 0 heterocycles. The minimum absolute atomic E-state index is 0.0550. The molecule has 6 nitrogen and oxygen atoms in total. The Bertz CT molecular complexity index is 841. The molecule has 1 unspecified atom stereocenters. The molecule has 0 aliphatic rings. The second kappa shape index (κ2) is 7.14. The van der Waals surface area contributed by atoms with Crippen molar-refractivity contribution >= 4 is 15.9 Å². The number of phenols is 1. The highest BCUT2D eigenvalue weighted by molar-refractivity contribution is 7.91. The van der Waals surface area contributed by atoms with Crippen LogP contribution in [0.3, 0.4) is 0 Å². The summed E-state index contributed by atoms with van der Waals surface area (Å²) in [5.41, 5.74) is -0.543. The summed E-state index contributed by atoms with van der Waals surface area (Å²) in [4.78, 5) is 12.2. The molecule has 0 radical (unpaired) electrons. The molecule has 2 aromatic carbocycles. The Morgan fingerprint density at radius 2 is 1.72 bits per heavy atom. The van der Waals surface area contributed by atoms with Crippen molar-refractivity contribution in [3.63, 3.8) is 0 Å². The molecule has 0 saturated heterocycles. The number of ether oxygens (including phenoxy) is 1. The van der Waals surface area contributed by atoms with Gasteiger partial charge in [-0.15, -0.1) is 0 Å². The smallest absolute Gasteiger partial charge is 0.408 e. The van der Waals surface area contributed by atoms with E-state index < -0.39 is 26.9 Å². The Hall–Kier alpha value is -2.54. The van der Waals surface area contributed by atoms with Gasteiger partial charge in [-0.3, -0.25) is 0 Å². The van der Waals surface area contributed by atoms with Crippen LogP contribution in [0.1, 0.15) is 31.7 Å². The molecule has 0 aliphatic carbocycles. The van der Waals surface area contributed by atoms with E-state index in [0.717, 1.165) is 0 Å². The number of carbonyl (C=O) groups excluding carboxylic acids is 1. The quantitative estimate of drug-likeness (QED) is 0.868. The molecule has 0 spiro atoms. The fourth-order valence-electron chi connectivity index (χ4n) is 2.19. The van der Waals surface area contributed by atoms with Crippen LogP contribution in [0.4, 0.5) is 4.79 Å². The number of amides is 1. The van der Waals surface area contributed by atoms with Crippen molar-refractivity contribution in [2.75, 3.05) is 0 Å². The molecular weight excluding hydrogens is 342 g/mol. The number of hydrogen-bond donors (Lipinski definition) is 2. The molecule has 2 aromatic rings. The van der Waals surface area contributed by atoms with Crippen LogP contribution in [0, 0.1) is 0 Å². The Balaban J connectivity index is 2.44. The lowest BCUT2D eigenvalue weighted by Crippen LogP contribution is -2.38. The first-order chi connectivity index (χ1) is 11.6. The van der Waals surface area contributed by atoms with Gasteiger partial charge in [-0.05, 0) is 50.6 Å². The summed E-state index contributed by atoms with van der Waals surface area (Å²) in [5, 5.41) is 10.7. The number of carbonyl (C=O) groups is 1. The molecule has 0 bridgehead atoms. The van der Waals surface area contributed by atoms with E-state index in [1.807, 2.05) is 0 Å². The fourth-order valence-corrected chi connectivity index (χ4v) is 3.75. The fraction of sp³-hybridized carbons (Fsp3) is 0.278. The van der Waals surface area contributed by atoms with Crippen molar-refractivity contribution in [1.82, 2.24) is 5.32 Å². The van der Waals surface area contributed by atoms with Crippen molar-refractivity contribution in [3.8, 4) is 5.75 Å². The highest BCUT2D eigenvalue weighted by Gasteiger charge is 2.32. The average Bonchev–Trinajstić information content (AvgIpc) is 2.51.